The molecule has 0 aliphatic carbocycles. The zero-order chi connectivity index (χ0) is 29.8. The highest BCUT2D eigenvalue weighted by atomic mass is 32.2. The molecule has 0 N–H and O–H groups in total. The molecule has 43 heavy (non-hydrogen) atoms. The van der Waals surface area contributed by atoms with E-state index < -0.39 is 10.0 Å². The van der Waals surface area contributed by atoms with E-state index in [2.05, 4.69) is 22.3 Å². The van der Waals surface area contributed by atoms with E-state index in [-0.39, 0.29) is 4.90 Å². The van der Waals surface area contributed by atoms with Crippen LogP contribution in [0.4, 0.5) is 0 Å². The number of thioether (sulfide) groups is 1. The molecule has 0 bridgehead atoms. The van der Waals surface area contributed by atoms with Crippen LogP contribution in [0.1, 0.15) is 5.56 Å². The molecule has 0 radical (unpaired) electrons. The number of para-hydroxylation sites is 1. The summed E-state index contributed by atoms with van der Waals surface area (Å²) in [6, 6.07) is 31.3. The number of hydrogen-bond donors (Lipinski definition) is 0. The van der Waals surface area contributed by atoms with Crippen LogP contribution in [0, 0.1) is 0 Å². The lowest BCUT2D eigenvalue weighted by molar-refractivity contribution is 0.401. The molecule has 0 saturated heterocycles. The molecule has 0 fully saturated rings. The van der Waals surface area contributed by atoms with E-state index in [0.717, 1.165) is 10.9 Å². The summed E-state index contributed by atoms with van der Waals surface area (Å²) in [6.45, 7) is 0. The topological polar surface area (TPSA) is 88.2 Å². The molecule has 6 rings (SSSR count). The van der Waals surface area contributed by atoms with E-state index in [9.17, 15) is 8.42 Å². The lowest BCUT2D eigenvalue weighted by Gasteiger charge is -2.15. The molecule has 0 atom stereocenters. The van der Waals surface area contributed by atoms with E-state index >= 15 is 0 Å². The summed E-state index contributed by atoms with van der Waals surface area (Å²) >= 11 is 1.51. The summed E-state index contributed by atoms with van der Waals surface area (Å²) in [7, 11) is -0.688. The molecule has 0 spiro atoms. The van der Waals surface area contributed by atoms with Gasteiger partial charge >= 0.3 is 0 Å². The molecule has 8 nitrogen and oxygen atoms in total. The fourth-order valence-electron chi connectivity index (χ4n) is 4.83. The van der Waals surface area contributed by atoms with Gasteiger partial charge in [0, 0.05) is 29.0 Å². The second kappa shape index (κ2) is 12.2. The third-order valence-corrected chi connectivity index (χ3v) is 9.47. The highest BCUT2D eigenvalue weighted by Gasteiger charge is 2.26. The summed E-state index contributed by atoms with van der Waals surface area (Å²) in [5.74, 6) is 2.32. The summed E-state index contributed by atoms with van der Waals surface area (Å²) < 4.78 is 42.1. The molecule has 2 heterocycles. The quantitative estimate of drug-likeness (QED) is 0.156. The Bertz CT molecular complexity index is 2020. The molecule has 0 saturated carbocycles. The first kappa shape index (κ1) is 28.3. The van der Waals surface area contributed by atoms with Gasteiger partial charge in [-0.3, -0.25) is 4.57 Å². The zero-order valence-corrected chi connectivity index (χ0v) is 25.1. The fourth-order valence-corrected chi connectivity index (χ4v) is 6.98. The predicted octanol–water partition coefficient (Wildman–Crippen LogP) is 6.95. The molecule has 0 unspecified atom stereocenters. The maximum absolute atomic E-state index is 13.8. The third-order valence-electron chi connectivity index (χ3n) is 6.90. The average molecular weight is 609 g/mol. The smallest absolute Gasteiger partial charge is 0.268 e. The molecule has 4 aromatic carbocycles. The van der Waals surface area contributed by atoms with E-state index in [4.69, 9.17) is 9.47 Å². The standard InChI is InChI=1S/C33H28N4O4S2/c1-40-25-19-20-31(41-2)30(22-25)37-32(34-35-33(37)42-21-11-14-24-12-5-3-6-13-24)28-23-36(29-18-10-9-17-27(28)29)43(38,39)26-15-7-4-8-16-26/h3-20,22-23H,21H2,1-2H3. The van der Waals surface area contributed by atoms with Crippen molar-refractivity contribution in [2.24, 2.45) is 0 Å². The monoisotopic (exact) mass is 608 g/mol. The first-order chi connectivity index (χ1) is 21.0. The maximum Gasteiger partial charge on any atom is 0.268 e. The number of hydrogen-bond acceptors (Lipinski definition) is 7. The van der Waals surface area contributed by atoms with Crippen LogP contribution < -0.4 is 9.47 Å². The molecule has 0 aliphatic rings. The third kappa shape index (κ3) is 5.54. The first-order valence-electron chi connectivity index (χ1n) is 13.4. The normalized spacial score (nSPS) is 11.8. The van der Waals surface area contributed by atoms with Gasteiger partial charge in [0.1, 0.15) is 11.5 Å². The minimum Gasteiger partial charge on any atom is -0.497 e. The van der Waals surface area contributed by atoms with Gasteiger partial charge in [0.25, 0.3) is 10.0 Å². The van der Waals surface area contributed by atoms with Gasteiger partial charge in [0.05, 0.1) is 30.3 Å². The Morgan fingerprint density at radius 1 is 0.837 bits per heavy atom. The second-order valence-corrected chi connectivity index (χ2v) is 12.3. The highest BCUT2D eigenvalue weighted by molar-refractivity contribution is 7.99. The van der Waals surface area contributed by atoms with Crippen LogP contribution in [0.3, 0.4) is 0 Å². The first-order valence-corrected chi connectivity index (χ1v) is 15.9. The van der Waals surface area contributed by atoms with Gasteiger partial charge < -0.3 is 9.47 Å². The number of rotatable bonds is 10. The Labute approximate surface area is 254 Å². The van der Waals surface area contributed by atoms with Crippen molar-refractivity contribution in [1.29, 1.82) is 0 Å². The summed E-state index contributed by atoms with van der Waals surface area (Å²) in [5.41, 5.74) is 2.92. The van der Waals surface area contributed by atoms with Crippen molar-refractivity contribution in [1.82, 2.24) is 18.7 Å². The molecular formula is C33H28N4O4S2. The Morgan fingerprint density at radius 3 is 2.30 bits per heavy atom. The van der Waals surface area contributed by atoms with Crippen molar-refractivity contribution in [2.45, 2.75) is 10.1 Å². The molecule has 2 aromatic heterocycles. The number of benzene rings is 4. The van der Waals surface area contributed by atoms with Crippen molar-refractivity contribution >= 4 is 38.8 Å². The SMILES string of the molecule is COc1ccc(OC)c(-n2c(SCC=Cc3ccccc3)nnc2-c2cn(S(=O)(=O)c3ccccc3)c3ccccc23)c1. The Kier molecular flexibility index (Phi) is 8.04. The van der Waals surface area contributed by atoms with Crippen LogP contribution in [-0.4, -0.2) is 47.1 Å². The van der Waals surface area contributed by atoms with Crippen LogP contribution in [0.15, 0.2) is 125 Å². The van der Waals surface area contributed by atoms with Gasteiger partial charge in [0.2, 0.25) is 0 Å². The number of fused-ring (bicyclic) bond motifs is 1. The van der Waals surface area contributed by atoms with Crippen LogP contribution in [0.2, 0.25) is 0 Å². The van der Waals surface area contributed by atoms with Gasteiger partial charge in [0.15, 0.2) is 11.0 Å². The van der Waals surface area contributed by atoms with Crippen molar-refractivity contribution < 1.29 is 17.9 Å². The Balaban J connectivity index is 1.51. The molecular weight excluding hydrogens is 581 g/mol. The Hall–Kier alpha value is -4.80. The molecule has 0 amide bonds. The van der Waals surface area contributed by atoms with Crippen LogP contribution >= 0.6 is 11.8 Å². The minimum atomic E-state index is -3.89. The predicted molar refractivity (Wildman–Crippen MR) is 171 cm³/mol. The Morgan fingerprint density at radius 2 is 1.56 bits per heavy atom. The number of ether oxygens (including phenoxy) is 2. The summed E-state index contributed by atoms with van der Waals surface area (Å²) in [4.78, 5) is 0.194. The van der Waals surface area contributed by atoms with Crippen molar-refractivity contribution in [3.05, 3.63) is 121 Å². The van der Waals surface area contributed by atoms with E-state index in [1.54, 1.807) is 56.8 Å². The van der Waals surface area contributed by atoms with Crippen molar-refractivity contribution in [2.75, 3.05) is 20.0 Å². The molecule has 6 aromatic rings. The highest BCUT2D eigenvalue weighted by Crippen LogP contribution is 2.38. The summed E-state index contributed by atoms with van der Waals surface area (Å²) in [6.07, 6.45) is 5.74. The van der Waals surface area contributed by atoms with Gasteiger partial charge in [-0.1, -0.05) is 90.6 Å². The van der Waals surface area contributed by atoms with Gasteiger partial charge in [-0.05, 0) is 35.9 Å². The number of aromatic nitrogens is 4. The largest absolute Gasteiger partial charge is 0.497 e. The van der Waals surface area contributed by atoms with E-state index in [0.29, 0.717) is 45.0 Å². The average Bonchev–Trinajstić information content (AvgIpc) is 3.65. The number of nitrogens with zero attached hydrogens (tertiary/aromatic N) is 4. The minimum absolute atomic E-state index is 0.194. The van der Waals surface area contributed by atoms with Crippen LogP contribution in [-0.2, 0) is 10.0 Å². The lowest BCUT2D eigenvalue weighted by Crippen LogP contribution is -2.11. The van der Waals surface area contributed by atoms with Gasteiger partial charge in [-0.2, -0.15) is 0 Å². The van der Waals surface area contributed by atoms with E-state index in [1.807, 2.05) is 71.3 Å². The van der Waals surface area contributed by atoms with Crippen molar-refractivity contribution in [3.8, 4) is 28.6 Å². The van der Waals surface area contributed by atoms with Crippen LogP contribution in [0.25, 0.3) is 34.1 Å². The van der Waals surface area contributed by atoms with Gasteiger partial charge in [-0.25, -0.2) is 12.4 Å². The summed E-state index contributed by atoms with van der Waals surface area (Å²) in [5, 5.41) is 10.5. The van der Waals surface area contributed by atoms with Crippen molar-refractivity contribution in [3.63, 3.8) is 0 Å². The van der Waals surface area contributed by atoms with Gasteiger partial charge in [-0.15, -0.1) is 10.2 Å². The zero-order valence-electron chi connectivity index (χ0n) is 23.5. The maximum atomic E-state index is 13.8. The molecule has 0 aliphatic heterocycles. The molecule has 216 valence electrons. The van der Waals surface area contributed by atoms with Crippen LogP contribution in [0.5, 0.6) is 11.5 Å². The fraction of sp³-hybridized carbons (Fsp3) is 0.0909. The second-order valence-electron chi connectivity index (χ2n) is 9.48. The lowest BCUT2D eigenvalue weighted by atomic mass is 10.1. The number of methoxy groups -OCH3 is 2. The van der Waals surface area contributed by atoms with E-state index in [1.165, 1.54) is 15.7 Å². The molecule has 10 heteroatoms.